The summed E-state index contributed by atoms with van der Waals surface area (Å²) in [6, 6.07) is 19.6. The molecule has 1 amide bonds. The number of aliphatic imine (C=N–C) groups is 1. The van der Waals surface area contributed by atoms with Gasteiger partial charge in [-0.15, -0.1) is 0 Å². The van der Waals surface area contributed by atoms with Crippen molar-refractivity contribution < 1.29 is 4.79 Å². The first kappa shape index (κ1) is 22.8. The summed E-state index contributed by atoms with van der Waals surface area (Å²) in [5, 5.41) is 0.960. The predicted octanol–water partition coefficient (Wildman–Crippen LogP) is 7.78. The second-order valence-corrected chi connectivity index (χ2v) is 11.4. The van der Waals surface area contributed by atoms with Crippen molar-refractivity contribution in [1.29, 1.82) is 0 Å². The van der Waals surface area contributed by atoms with Crippen molar-refractivity contribution in [2.45, 2.75) is 86.1 Å². The van der Waals surface area contributed by atoms with Crippen molar-refractivity contribution in [3.05, 3.63) is 65.1 Å². The lowest BCUT2D eigenvalue weighted by molar-refractivity contribution is -0.124. The highest BCUT2D eigenvalue weighted by Crippen LogP contribution is 2.38. The molecule has 0 aromatic heterocycles. The van der Waals surface area contributed by atoms with Crippen molar-refractivity contribution in [2.24, 2.45) is 4.99 Å². The van der Waals surface area contributed by atoms with Gasteiger partial charge < -0.3 is 0 Å². The molecule has 0 unspecified atom stereocenters. The van der Waals surface area contributed by atoms with Gasteiger partial charge in [-0.05, 0) is 73.4 Å². The van der Waals surface area contributed by atoms with Crippen LogP contribution in [0.15, 0.2) is 74.3 Å². The van der Waals surface area contributed by atoms with Crippen LogP contribution in [0.2, 0.25) is 0 Å². The number of hydrogen-bond donors (Lipinski definition) is 0. The van der Waals surface area contributed by atoms with Crippen molar-refractivity contribution >= 4 is 40.7 Å². The maximum atomic E-state index is 13.5. The van der Waals surface area contributed by atoms with Crippen LogP contribution in [0.4, 0.5) is 0 Å². The number of amides is 1. The van der Waals surface area contributed by atoms with Crippen molar-refractivity contribution in [2.75, 3.05) is 0 Å². The Kier molecular flexibility index (Phi) is 7.57. The molecule has 172 valence electrons. The summed E-state index contributed by atoms with van der Waals surface area (Å²) in [5.41, 5.74) is 1.07. The molecule has 33 heavy (non-hydrogen) atoms. The second-order valence-electron chi connectivity index (χ2n) is 9.27. The minimum Gasteiger partial charge on any atom is -0.284 e. The summed E-state index contributed by atoms with van der Waals surface area (Å²) in [4.78, 5) is 24.0. The minimum atomic E-state index is 0.157. The summed E-state index contributed by atoms with van der Waals surface area (Å²) < 4.78 is 0. The van der Waals surface area contributed by atoms with Crippen LogP contribution in [0.3, 0.4) is 0 Å². The zero-order valence-corrected chi connectivity index (χ0v) is 20.8. The number of rotatable bonds is 5. The highest BCUT2D eigenvalue weighted by atomic mass is 32.2. The Hall–Kier alpha value is -1.98. The number of carbonyl (C=O) groups excluding carboxylic acids is 1. The van der Waals surface area contributed by atoms with Gasteiger partial charge in [0.2, 0.25) is 0 Å². The third-order valence-electron chi connectivity index (χ3n) is 6.80. The molecule has 5 heteroatoms. The number of amidine groups is 1. The van der Waals surface area contributed by atoms with Crippen molar-refractivity contribution in [3.63, 3.8) is 0 Å². The molecule has 0 atom stereocenters. The number of carbonyl (C=O) groups is 1. The fourth-order valence-electron chi connectivity index (χ4n) is 5.01. The summed E-state index contributed by atoms with van der Waals surface area (Å²) in [7, 11) is 0. The lowest BCUT2D eigenvalue weighted by atomic mass is 9.94. The molecule has 1 aliphatic heterocycles. The molecular formula is C28H32N2OS2. The Morgan fingerprint density at radius 3 is 2.15 bits per heavy atom. The quantitative estimate of drug-likeness (QED) is 0.413. The van der Waals surface area contributed by atoms with E-state index in [0.717, 1.165) is 41.3 Å². The number of benzene rings is 2. The Morgan fingerprint density at radius 1 is 0.818 bits per heavy atom. The molecule has 0 radical (unpaired) electrons. The molecule has 1 heterocycles. The Labute approximate surface area is 206 Å². The molecule has 0 N–H and O–H groups in total. The molecule has 1 saturated heterocycles. The van der Waals surface area contributed by atoms with E-state index in [1.54, 1.807) is 23.5 Å². The Bertz CT molecular complexity index is 1000. The fraction of sp³-hybridized carbons (Fsp3) is 0.429. The first-order chi connectivity index (χ1) is 16.3. The van der Waals surface area contributed by atoms with E-state index >= 15 is 0 Å². The largest absolute Gasteiger partial charge is 0.284 e. The van der Waals surface area contributed by atoms with Gasteiger partial charge >= 0.3 is 0 Å². The van der Waals surface area contributed by atoms with E-state index < -0.39 is 0 Å². The van der Waals surface area contributed by atoms with Crippen molar-refractivity contribution in [3.8, 4) is 0 Å². The smallest absolute Gasteiger partial charge is 0.266 e. The highest BCUT2D eigenvalue weighted by Gasteiger charge is 2.39. The monoisotopic (exact) mass is 476 g/mol. The van der Waals surface area contributed by atoms with E-state index in [9.17, 15) is 4.79 Å². The van der Waals surface area contributed by atoms with Crippen LogP contribution >= 0.6 is 23.5 Å². The van der Waals surface area contributed by atoms with Gasteiger partial charge in [-0.1, -0.05) is 80.6 Å². The van der Waals surface area contributed by atoms with Crippen molar-refractivity contribution in [1.82, 2.24) is 4.90 Å². The fourth-order valence-corrected chi connectivity index (χ4v) is 6.96. The van der Waals surface area contributed by atoms with Crippen LogP contribution in [0.5, 0.6) is 0 Å². The molecule has 0 bridgehead atoms. The Morgan fingerprint density at radius 2 is 1.45 bits per heavy atom. The molecule has 3 aliphatic rings. The summed E-state index contributed by atoms with van der Waals surface area (Å²) in [6.45, 7) is 0. The number of nitrogens with zero attached hydrogens (tertiary/aromatic N) is 2. The summed E-state index contributed by atoms with van der Waals surface area (Å²) in [5.74, 6) is 0.157. The molecular weight excluding hydrogens is 444 g/mol. The Balaban J connectivity index is 1.35. The number of hydrogen-bond acceptors (Lipinski definition) is 4. The summed E-state index contributed by atoms with van der Waals surface area (Å²) >= 11 is 3.36. The van der Waals surface area contributed by atoms with E-state index in [-0.39, 0.29) is 5.91 Å². The molecule has 3 nitrogen and oxygen atoms in total. The molecule has 5 rings (SSSR count). The van der Waals surface area contributed by atoms with Crippen LogP contribution in [-0.4, -0.2) is 28.1 Å². The summed E-state index contributed by atoms with van der Waals surface area (Å²) in [6.07, 6.45) is 14.2. The first-order valence-corrected chi connectivity index (χ1v) is 14.0. The lowest BCUT2D eigenvalue weighted by Gasteiger charge is -2.31. The van der Waals surface area contributed by atoms with Gasteiger partial charge in [0.25, 0.3) is 5.91 Å². The standard InChI is InChI=1S/C28H32N2OS2/c31-27-26(20-21-16-18-25(19-17-21)32-24-14-8-3-9-15-24)33-28(29-22-10-4-1-5-11-22)30(27)23-12-6-2-7-13-23/h3,8-9,14-20,22-23H,1-2,4-7,10-13H2. The SMILES string of the molecule is O=C1C(=Cc2ccc(Sc3ccccc3)cc2)SC(=NC2CCCCC2)N1C1CCCCC1. The lowest BCUT2D eigenvalue weighted by Crippen LogP contribution is -2.41. The van der Waals surface area contributed by atoms with Crippen LogP contribution in [0, 0.1) is 0 Å². The predicted molar refractivity (Wildman–Crippen MR) is 141 cm³/mol. The molecule has 2 aliphatic carbocycles. The van der Waals surface area contributed by atoms with E-state index in [1.165, 1.54) is 48.3 Å². The van der Waals surface area contributed by atoms with E-state index in [0.29, 0.717) is 12.1 Å². The first-order valence-electron chi connectivity index (χ1n) is 12.4. The minimum absolute atomic E-state index is 0.157. The average Bonchev–Trinajstić information content (AvgIpc) is 3.16. The highest BCUT2D eigenvalue weighted by molar-refractivity contribution is 8.18. The normalized spacial score (nSPS) is 23.0. The maximum Gasteiger partial charge on any atom is 0.266 e. The molecule has 3 fully saturated rings. The van der Waals surface area contributed by atoms with E-state index in [4.69, 9.17) is 4.99 Å². The van der Waals surface area contributed by atoms with Crippen LogP contribution in [0.1, 0.15) is 69.8 Å². The van der Waals surface area contributed by atoms with Gasteiger partial charge in [0, 0.05) is 15.8 Å². The van der Waals surface area contributed by atoms with Crippen LogP contribution in [0.25, 0.3) is 6.08 Å². The molecule has 2 saturated carbocycles. The van der Waals surface area contributed by atoms with Gasteiger partial charge in [0.1, 0.15) is 0 Å². The topological polar surface area (TPSA) is 32.7 Å². The second kappa shape index (κ2) is 11.0. The van der Waals surface area contributed by atoms with Crippen LogP contribution in [-0.2, 0) is 4.79 Å². The maximum absolute atomic E-state index is 13.5. The third-order valence-corrected chi connectivity index (χ3v) is 8.81. The van der Waals surface area contributed by atoms with E-state index in [1.807, 2.05) is 6.07 Å². The van der Waals surface area contributed by atoms with Crippen LogP contribution < -0.4 is 0 Å². The zero-order chi connectivity index (χ0) is 22.5. The zero-order valence-electron chi connectivity index (χ0n) is 19.1. The average molecular weight is 477 g/mol. The van der Waals surface area contributed by atoms with Gasteiger partial charge in [0.05, 0.1) is 10.9 Å². The van der Waals surface area contributed by atoms with Gasteiger partial charge in [-0.2, -0.15) is 0 Å². The molecule has 0 spiro atoms. The third kappa shape index (κ3) is 5.75. The van der Waals surface area contributed by atoms with E-state index in [2.05, 4.69) is 59.5 Å². The molecule has 2 aromatic carbocycles. The van der Waals surface area contributed by atoms with Gasteiger partial charge in [-0.25, -0.2) is 0 Å². The number of thioether (sulfide) groups is 1. The van der Waals surface area contributed by atoms with Gasteiger partial charge in [0.15, 0.2) is 5.17 Å². The van der Waals surface area contributed by atoms with Gasteiger partial charge in [-0.3, -0.25) is 14.7 Å². The molecule has 2 aromatic rings.